The summed E-state index contributed by atoms with van der Waals surface area (Å²) in [6.45, 7) is 5.47. The number of nitro benzene ring substituents is 1. The van der Waals surface area contributed by atoms with Crippen LogP contribution in [0, 0.1) is 10.1 Å². The van der Waals surface area contributed by atoms with Crippen LogP contribution < -0.4 is 5.32 Å². The summed E-state index contributed by atoms with van der Waals surface area (Å²) in [7, 11) is 0. The van der Waals surface area contributed by atoms with Gasteiger partial charge in [-0.15, -0.1) is 0 Å². The summed E-state index contributed by atoms with van der Waals surface area (Å²) in [6.07, 6.45) is 0.153. The lowest BCUT2D eigenvalue weighted by Crippen LogP contribution is -2.48. The van der Waals surface area contributed by atoms with Crippen molar-refractivity contribution in [3.05, 3.63) is 34.4 Å². The molecule has 114 valence electrons. The summed E-state index contributed by atoms with van der Waals surface area (Å²) in [5.74, 6) is -0.259. The van der Waals surface area contributed by atoms with Crippen LogP contribution in [0.25, 0.3) is 0 Å². The minimum Gasteiger partial charge on any atom is -0.373 e. The van der Waals surface area contributed by atoms with Crippen molar-refractivity contribution in [2.45, 2.75) is 26.1 Å². The smallest absolute Gasteiger partial charge is 0.292 e. The summed E-state index contributed by atoms with van der Waals surface area (Å²) in [5, 5.41) is 13.5. The first-order valence-corrected chi connectivity index (χ1v) is 6.87. The Bertz CT molecular complexity index is 525. The Hall–Kier alpha value is -1.99. The van der Waals surface area contributed by atoms with Crippen molar-refractivity contribution in [1.82, 2.24) is 4.90 Å². The Labute approximate surface area is 123 Å². The largest absolute Gasteiger partial charge is 0.373 e. The number of carbonyl (C=O) groups excluding carboxylic acids is 1. The molecule has 0 unspecified atom stereocenters. The van der Waals surface area contributed by atoms with Crippen LogP contribution in [0.3, 0.4) is 0 Å². The number of hydrogen-bond acceptors (Lipinski definition) is 5. The number of ether oxygens (including phenoxy) is 1. The van der Waals surface area contributed by atoms with Crippen molar-refractivity contribution in [2.75, 3.05) is 25.0 Å². The summed E-state index contributed by atoms with van der Waals surface area (Å²) in [6, 6.07) is 6.12. The first-order chi connectivity index (χ1) is 9.95. The van der Waals surface area contributed by atoms with Crippen molar-refractivity contribution in [2.24, 2.45) is 0 Å². The van der Waals surface area contributed by atoms with Crippen LogP contribution in [-0.2, 0) is 9.53 Å². The first kappa shape index (κ1) is 15.4. The van der Waals surface area contributed by atoms with E-state index in [0.29, 0.717) is 13.1 Å². The third-order valence-corrected chi connectivity index (χ3v) is 3.24. The van der Waals surface area contributed by atoms with E-state index in [1.54, 1.807) is 12.1 Å². The molecule has 1 aliphatic heterocycles. The van der Waals surface area contributed by atoms with Gasteiger partial charge in [0.25, 0.3) is 5.69 Å². The number of para-hydroxylation sites is 2. The maximum absolute atomic E-state index is 12.1. The fourth-order valence-electron chi connectivity index (χ4n) is 2.54. The third-order valence-electron chi connectivity index (χ3n) is 3.24. The van der Waals surface area contributed by atoms with E-state index in [9.17, 15) is 14.9 Å². The number of morpholine rings is 1. The lowest BCUT2D eigenvalue weighted by atomic mass is 10.2. The van der Waals surface area contributed by atoms with E-state index in [1.165, 1.54) is 12.1 Å². The first-order valence-electron chi connectivity index (χ1n) is 6.87. The molecule has 1 aromatic carbocycles. The van der Waals surface area contributed by atoms with Crippen LogP contribution in [0.1, 0.15) is 13.8 Å². The molecule has 1 saturated heterocycles. The zero-order chi connectivity index (χ0) is 15.4. The molecule has 0 radical (unpaired) electrons. The number of anilines is 1. The van der Waals surface area contributed by atoms with Crippen LogP contribution in [0.2, 0.25) is 0 Å². The van der Waals surface area contributed by atoms with E-state index in [1.807, 2.05) is 18.7 Å². The standard InChI is InChI=1S/C14H19N3O4/c1-10-7-16(8-11(2)21-10)9-14(18)15-12-5-3-4-6-13(12)17(19)20/h3-6,10-11H,7-9H2,1-2H3,(H,15,18)/t10-,11-/m1/s1. The molecule has 1 N–H and O–H groups in total. The zero-order valence-electron chi connectivity index (χ0n) is 12.1. The van der Waals surface area contributed by atoms with Gasteiger partial charge in [0.2, 0.25) is 5.91 Å². The summed E-state index contributed by atoms with van der Waals surface area (Å²) >= 11 is 0. The van der Waals surface area contributed by atoms with Crippen LogP contribution in [-0.4, -0.2) is 47.6 Å². The molecule has 7 nitrogen and oxygen atoms in total. The Morgan fingerprint density at radius 1 is 1.38 bits per heavy atom. The molecule has 0 saturated carbocycles. The van der Waals surface area contributed by atoms with Crippen molar-refractivity contribution in [3.8, 4) is 0 Å². The third kappa shape index (κ3) is 4.24. The van der Waals surface area contributed by atoms with Crippen LogP contribution in [0.5, 0.6) is 0 Å². The molecule has 1 aliphatic rings. The number of amides is 1. The molecule has 0 aromatic heterocycles. The number of carbonyl (C=O) groups is 1. The van der Waals surface area contributed by atoms with Gasteiger partial charge in [0, 0.05) is 19.2 Å². The molecule has 21 heavy (non-hydrogen) atoms. The summed E-state index contributed by atoms with van der Waals surface area (Å²) in [5.41, 5.74) is 0.122. The second-order valence-corrected chi connectivity index (χ2v) is 5.27. The molecule has 1 fully saturated rings. The highest BCUT2D eigenvalue weighted by Crippen LogP contribution is 2.23. The van der Waals surface area contributed by atoms with Gasteiger partial charge in [-0.25, -0.2) is 0 Å². The molecule has 2 atom stereocenters. The second kappa shape index (κ2) is 6.64. The number of nitrogens with zero attached hydrogens (tertiary/aromatic N) is 2. The molecule has 1 aromatic rings. The van der Waals surface area contributed by atoms with Crippen molar-refractivity contribution >= 4 is 17.3 Å². The van der Waals surface area contributed by atoms with Gasteiger partial charge in [-0.2, -0.15) is 0 Å². The van der Waals surface area contributed by atoms with Gasteiger partial charge in [0.05, 0.1) is 23.7 Å². The highest BCUT2D eigenvalue weighted by molar-refractivity contribution is 5.94. The SMILES string of the molecule is C[C@@H]1CN(CC(=O)Nc2ccccc2[N+](=O)[O-])C[C@@H](C)O1. The van der Waals surface area contributed by atoms with E-state index in [0.717, 1.165) is 0 Å². The van der Waals surface area contributed by atoms with E-state index in [-0.39, 0.29) is 36.0 Å². The summed E-state index contributed by atoms with van der Waals surface area (Å²) in [4.78, 5) is 24.4. The molecule has 0 spiro atoms. The topological polar surface area (TPSA) is 84.7 Å². The molecular weight excluding hydrogens is 274 g/mol. The van der Waals surface area contributed by atoms with E-state index in [4.69, 9.17) is 4.74 Å². The highest BCUT2D eigenvalue weighted by atomic mass is 16.6. The number of rotatable bonds is 4. The Balaban J connectivity index is 1.97. The van der Waals surface area contributed by atoms with Gasteiger partial charge >= 0.3 is 0 Å². The normalized spacial score (nSPS) is 22.8. The zero-order valence-corrected chi connectivity index (χ0v) is 12.1. The Kier molecular flexibility index (Phi) is 4.87. The predicted molar refractivity (Wildman–Crippen MR) is 78.2 cm³/mol. The van der Waals surface area contributed by atoms with Gasteiger partial charge in [-0.3, -0.25) is 19.8 Å². The minimum absolute atomic E-state index is 0.0765. The number of nitrogens with one attached hydrogen (secondary N) is 1. The minimum atomic E-state index is -0.505. The number of benzene rings is 1. The molecule has 2 rings (SSSR count). The molecular formula is C14H19N3O4. The molecule has 1 amide bonds. The quantitative estimate of drug-likeness (QED) is 0.674. The average molecular weight is 293 g/mol. The maximum atomic E-state index is 12.1. The maximum Gasteiger partial charge on any atom is 0.292 e. The van der Waals surface area contributed by atoms with Crippen LogP contribution in [0.15, 0.2) is 24.3 Å². The lowest BCUT2D eigenvalue weighted by Gasteiger charge is -2.34. The number of nitro groups is 1. The van der Waals surface area contributed by atoms with Crippen LogP contribution >= 0.6 is 0 Å². The Morgan fingerprint density at radius 3 is 2.62 bits per heavy atom. The monoisotopic (exact) mass is 293 g/mol. The molecule has 0 bridgehead atoms. The second-order valence-electron chi connectivity index (χ2n) is 5.27. The van der Waals surface area contributed by atoms with Gasteiger partial charge in [-0.05, 0) is 19.9 Å². The van der Waals surface area contributed by atoms with Gasteiger partial charge < -0.3 is 10.1 Å². The lowest BCUT2D eigenvalue weighted by molar-refractivity contribution is -0.383. The van der Waals surface area contributed by atoms with Crippen molar-refractivity contribution in [3.63, 3.8) is 0 Å². The van der Waals surface area contributed by atoms with Crippen LogP contribution in [0.4, 0.5) is 11.4 Å². The van der Waals surface area contributed by atoms with E-state index < -0.39 is 4.92 Å². The van der Waals surface area contributed by atoms with Gasteiger partial charge in [-0.1, -0.05) is 12.1 Å². The fraction of sp³-hybridized carbons (Fsp3) is 0.500. The van der Waals surface area contributed by atoms with E-state index >= 15 is 0 Å². The van der Waals surface area contributed by atoms with Crippen molar-refractivity contribution in [1.29, 1.82) is 0 Å². The van der Waals surface area contributed by atoms with Gasteiger partial charge in [0.15, 0.2) is 0 Å². The Morgan fingerprint density at radius 2 is 2.00 bits per heavy atom. The molecule has 0 aliphatic carbocycles. The highest BCUT2D eigenvalue weighted by Gasteiger charge is 2.24. The number of hydrogen-bond donors (Lipinski definition) is 1. The molecule has 1 heterocycles. The van der Waals surface area contributed by atoms with Gasteiger partial charge in [0.1, 0.15) is 5.69 Å². The average Bonchev–Trinajstić information content (AvgIpc) is 2.37. The van der Waals surface area contributed by atoms with E-state index in [2.05, 4.69) is 5.32 Å². The summed E-state index contributed by atoms with van der Waals surface area (Å²) < 4.78 is 5.60. The van der Waals surface area contributed by atoms with Crippen molar-refractivity contribution < 1.29 is 14.5 Å². The molecule has 7 heteroatoms. The predicted octanol–water partition coefficient (Wildman–Crippen LogP) is 1.64. The fourth-order valence-corrected chi connectivity index (χ4v) is 2.54.